The fourth-order valence-electron chi connectivity index (χ4n) is 2.07. The van der Waals surface area contributed by atoms with Crippen molar-refractivity contribution in [2.24, 2.45) is 0 Å². The number of rotatable bonds is 5. The first-order valence-electron chi connectivity index (χ1n) is 7.31. The zero-order chi connectivity index (χ0) is 19.3. The van der Waals surface area contributed by atoms with E-state index in [-0.39, 0.29) is 17.8 Å². The maximum Gasteiger partial charge on any atom is 0.573 e. The smallest absolute Gasteiger partial charge is 0.406 e. The Hall–Kier alpha value is -3.10. The lowest BCUT2D eigenvalue weighted by molar-refractivity contribution is -0.274. The van der Waals surface area contributed by atoms with Gasteiger partial charge in [0.15, 0.2) is 0 Å². The van der Waals surface area contributed by atoms with Gasteiger partial charge in [0.1, 0.15) is 11.6 Å². The first-order valence-corrected chi connectivity index (χ1v) is 7.31. The Balaban J connectivity index is 1.92. The first kappa shape index (κ1) is 19.2. The van der Waals surface area contributed by atoms with Crippen LogP contribution in [-0.2, 0) is 4.79 Å². The number of benzene rings is 2. The van der Waals surface area contributed by atoms with Crippen molar-refractivity contribution in [3.63, 3.8) is 0 Å². The molecule has 0 bridgehead atoms. The lowest BCUT2D eigenvalue weighted by Crippen LogP contribution is -2.34. The van der Waals surface area contributed by atoms with Crippen molar-refractivity contribution in [3.05, 3.63) is 59.9 Å². The van der Waals surface area contributed by atoms with E-state index in [2.05, 4.69) is 10.1 Å². The molecule has 0 saturated heterocycles. The summed E-state index contributed by atoms with van der Waals surface area (Å²) in [5, 5.41) is 2.44. The highest BCUT2D eigenvalue weighted by Crippen LogP contribution is 2.23. The topological polar surface area (TPSA) is 58.6 Å². The number of nitrogens with one attached hydrogen (secondary N) is 1. The predicted octanol–water partition coefficient (Wildman–Crippen LogP) is 3.44. The van der Waals surface area contributed by atoms with Crippen LogP contribution in [0.5, 0.6) is 5.75 Å². The standard InChI is InChI=1S/C17H14F4N2O3/c1-23(16(25)11-3-2-4-12(18)9-11)10-15(24)22-13-5-7-14(8-6-13)26-17(19,20)21/h2-9H,10H2,1H3,(H,22,24). The van der Waals surface area contributed by atoms with Crippen LogP contribution in [-0.4, -0.2) is 36.7 Å². The van der Waals surface area contributed by atoms with Crippen molar-refractivity contribution < 1.29 is 31.9 Å². The zero-order valence-electron chi connectivity index (χ0n) is 13.5. The van der Waals surface area contributed by atoms with Crippen LogP contribution in [0, 0.1) is 5.82 Å². The number of halogens is 4. The third-order valence-corrected chi connectivity index (χ3v) is 3.17. The number of nitrogens with zero attached hydrogens (tertiary/aromatic N) is 1. The summed E-state index contributed by atoms with van der Waals surface area (Å²) in [6.45, 7) is -0.323. The molecular weight excluding hydrogens is 356 g/mol. The molecule has 5 nitrogen and oxygen atoms in total. The molecule has 2 amide bonds. The number of hydrogen-bond donors (Lipinski definition) is 1. The molecule has 0 unspecified atom stereocenters. The molecule has 0 aromatic heterocycles. The minimum atomic E-state index is -4.80. The normalized spacial score (nSPS) is 11.0. The fraction of sp³-hybridized carbons (Fsp3) is 0.176. The Morgan fingerprint density at radius 2 is 1.77 bits per heavy atom. The van der Waals surface area contributed by atoms with E-state index < -0.39 is 29.7 Å². The lowest BCUT2D eigenvalue weighted by Gasteiger charge is -2.17. The van der Waals surface area contributed by atoms with Crippen molar-refractivity contribution in [2.45, 2.75) is 6.36 Å². The van der Waals surface area contributed by atoms with E-state index >= 15 is 0 Å². The third kappa shape index (κ3) is 5.76. The molecule has 1 N–H and O–H groups in total. The van der Waals surface area contributed by atoms with Crippen LogP contribution in [0.25, 0.3) is 0 Å². The number of carbonyl (C=O) groups is 2. The van der Waals surface area contributed by atoms with E-state index in [0.29, 0.717) is 0 Å². The largest absolute Gasteiger partial charge is 0.573 e. The van der Waals surface area contributed by atoms with Crippen molar-refractivity contribution in [1.82, 2.24) is 4.90 Å². The van der Waals surface area contributed by atoms with Crippen LogP contribution in [0.1, 0.15) is 10.4 Å². The van der Waals surface area contributed by atoms with Gasteiger partial charge in [0.05, 0.1) is 6.54 Å². The van der Waals surface area contributed by atoms with Crippen LogP contribution < -0.4 is 10.1 Å². The van der Waals surface area contributed by atoms with Crippen LogP contribution in [0.15, 0.2) is 48.5 Å². The molecule has 0 heterocycles. The molecule has 9 heteroatoms. The molecule has 0 aliphatic rings. The number of ether oxygens (including phenoxy) is 1. The molecular formula is C17H14F4N2O3. The molecule has 2 aromatic carbocycles. The zero-order valence-corrected chi connectivity index (χ0v) is 13.5. The van der Waals surface area contributed by atoms with Gasteiger partial charge in [-0.1, -0.05) is 6.07 Å². The van der Waals surface area contributed by atoms with Crippen LogP contribution >= 0.6 is 0 Å². The molecule has 0 aliphatic carbocycles. The van der Waals surface area contributed by atoms with E-state index in [1.165, 1.54) is 37.4 Å². The van der Waals surface area contributed by atoms with Crippen molar-refractivity contribution in [3.8, 4) is 5.75 Å². The summed E-state index contributed by atoms with van der Waals surface area (Å²) >= 11 is 0. The highest BCUT2D eigenvalue weighted by molar-refractivity contribution is 5.99. The minimum absolute atomic E-state index is 0.0916. The van der Waals surface area contributed by atoms with Gasteiger partial charge in [-0.15, -0.1) is 13.2 Å². The second-order valence-electron chi connectivity index (χ2n) is 5.29. The van der Waals surface area contributed by atoms with Crippen LogP contribution in [0.3, 0.4) is 0 Å². The number of anilines is 1. The van der Waals surface area contributed by atoms with Gasteiger partial charge in [-0.2, -0.15) is 0 Å². The number of amides is 2. The summed E-state index contributed by atoms with van der Waals surface area (Å²) in [4.78, 5) is 25.2. The van der Waals surface area contributed by atoms with Gasteiger partial charge in [0.2, 0.25) is 5.91 Å². The molecule has 26 heavy (non-hydrogen) atoms. The summed E-state index contributed by atoms with van der Waals surface area (Å²) in [5.74, 6) is -2.11. The highest BCUT2D eigenvalue weighted by atomic mass is 19.4. The van der Waals surface area contributed by atoms with E-state index in [1.807, 2.05) is 0 Å². The summed E-state index contributed by atoms with van der Waals surface area (Å²) in [7, 11) is 1.37. The van der Waals surface area contributed by atoms with E-state index in [0.717, 1.165) is 23.1 Å². The van der Waals surface area contributed by atoms with Gasteiger partial charge < -0.3 is 15.0 Å². The maximum absolute atomic E-state index is 13.1. The van der Waals surface area contributed by atoms with Crippen molar-refractivity contribution >= 4 is 17.5 Å². The molecule has 0 aliphatic heterocycles. The van der Waals surface area contributed by atoms with Gasteiger partial charge in [0.25, 0.3) is 5.91 Å². The number of carbonyl (C=O) groups excluding carboxylic acids is 2. The summed E-state index contributed by atoms with van der Waals surface area (Å²) < 4.78 is 53.1. The molecule has 0 radical (unpaired) electrons. The van der Waals surface area contributed by atoms with Crippen molar-refractivity contribution in [1.29, 1.82) is 0 Å². The molecule has 2 rings (SSSR count). The molecule has 0 spiro atoms. The summed E-state index contributed by atoms with van der Waals surface area (Å²) in [6, 6.07) is 9.59. The van der Waals surface area contributed by atoms with Crippen LogP contribution in [0.2, 0.25) is 0 Å². The number of alkyl halides is 3. The Morgan fingerprint density at radius 1 is 1.12 bits per heavy atom. The number of hydrogen-bond acceptors (Lipinski definition) is 3. The van der Waals surface area contributed by atoms with Gasteiger partial charge in [-0.05, 0) is 42.5 Å². The molecule has 138 valence electrons. The predicted molar refractivity (Wildman–Crippen MR) is 85.1 cm³/mol. The van der Waals surface area contributed by atoms with Gasteiger partial charge in [-0.25, -0.2) is 4.39 Å². The minimum Gasteiger partial charge on any atom is -0.406 e. The Morgan fingerprint density at radius 3 is 2.35 bits per heavy atom. The van der Waals surface area contributed by atoms with E-state index in [1.54, 1.807) is 0 Å². The SMILES string of the molecule is CN(CC(=O)Nc1ccc(OC(F)(F)F)cc1)C(=O)c1cccc(F)c1. The maximum atomic E-state index is 13.1. The molecule has 0 atom stereocenters. The second-order valence-corrected chi connectivity index (χ2v) is 5.29. The van der Waals surface area contributed by atoms with E-state index in [9.17, 15) is 27.2 Å². The van der Waals surface area contributed by atoms with Gasteiger partial charge in [-0.3, -0.25) is 9.59 Å². The summed E-state index contributed by atoms with van der Waals surface area (Å²) in [5.41, 5.74) is 0.324. The van der Waals surface area contributed by atoms with E-state index in [4.69, 9.17) is 0 Å². The third-order valence-electron chi connectivity index (χ3n) is 3.17. The second kappa shape index (κ2) is 7.85. The van der Waals surface area contributed by atoms with Crippen LogP contribution in [0.4, 0.5) is 23.2 Å². The monoisotopic (exact) mass is 370 g/mol. The summed E-state index contributed by atoms with van der Waals surface area (Å²) in [6.07, 6.45) is -4.80. The average molecular weight is 370 g/mol. The Labute approximate surface area is 146 Å². The highest BCUT2D eigenvalue weighted by Gasteiger charge is 2.31. The van der Waals surface area contributed by atoms with Crippen molar-refractivity contribution in [2.75, 3.05) is 18.9 Å². The van der Waals surface area contributed by atoms with Gasteiger partial charge >= 0.3 is 6.36 Å². The number of likely N-dealkylation sites (N-methyl/N-ethyl adjacent to an activating group) is 1. The molecule has 2 aromatic rings. The fourth-order valence-corrected chi connectivity index (χ4v) is 2.07. The Bertz CT molecular complexity index is 791. The Kier molecular flexibility index (Phi) is 5.81. The first-order chi connectivity index (χ1) is 12.1. The molecule has 0 saturated carbocycles. The molecule has 0 fully saturated rings. The average Bonchev–Trinajstić information content (AvgIpc) is 2.54. The quantitative estimate of drug-likeness (QED) is 0.821. The van der Waals surface area contributed by atoms with Gasteiger partial charge in [0, 0.05) is 18.3 Å². The lowest BCUT2D eigenvalue weighted by atomic mass is 10.2.